The monoisotopic (exact) mass is 130 g/mol. The van der Waals surface area contributed by atoms with Gasteiger partial charge in [0.1, 0.15) is 0 Å². The van der Waals surface area contributed by atoms with Crippen LogP contribution in [0.1, 0.15) is 33.1 Å². The van der Waals surface area contributed by atoms with Crippen LogP contribution in [0.2, 0.25) is 12.1 Å². The third-order valence-electron chi connectivity index (χ3n) is 1.46. The topological polar surface area (TPSA) is 0 Å². The Bertz CT molecular complexity index is 29.4. The molecule has 0 spiro atoms. The van der Waals surface area contributed by atoms with E-state index in [4.69, 9.17) is 0 Å². The molecule has 0 nitrogen and oxygen atoms in total. The second kappa shape index (κ2) is 7.22. The van der Waals surface area contributed by atoms with Crippen molar-refractivity contribution in [3.05, 3.63) is 0 Å². The van der Waals surface area contributed by atoms with Crippen molar-refractivity contribution in [3.8, 4) is 0 Å². The zero-order valence-electron chi connectivity index (χ0n) is 6.24. The summed E-state index contributed by atoms with van der Waals surface area (Å²) in [5.41, 5.74) is 0. The highest BCUT2D eigenvalue weighted by atomic mass is 28.2. The highest BCUT2D eigenvalue weighted by Crippen LogP contribution is 1.98. The molecule has 1 heteroatoms. The molecule has 0 fully saturated rings. The minimum Gasteiger partial charge on any atom is -0.0683 e. The molecule has 8 heavy (non-hydrogen) atoms. The first-order chi connectivity index (χ1) is 3.91. The molecule has 0 aliphatic heterocycles. The Hall–Kier alpha value is 0.217. The largest absolute Gasteiger partial charge is 0.0683 e. The van der Waals surface area contributed by atoms with Gasteiger partial charge in [-0.3, -0.25) is 0 Å². The molecule has 0 aliphatic carbocycles. The van der Waals surface area contributed by atoms with E-state index in [9.17, 15) is 0 Å². The molecule has 0 aliphatic rings. The van der Waals surface area contributed by atoms with E-state index in [1.54, 1.807) is 6.04 Å². The van der Waals surface area contributed by atoms with Gasteiger partial charge < -0.3 is 0 Å². The third kappa shape index (κ3) is 6.22. The zero-order chi connectivity index (χ0) is 6.24. The van der Waals surface area contributed by atoms with Crippen LogP contribution in [0.3, 0.4) is 0 Å². The zero-order valence-corrected chi connectivity index (χ0v) is 7.66. The standard InChI is InChI=1S/C7H18Si/c1-3-5-6-7-8-4-2/h3-8H2,1-2H3. The van der Waals surface area contributed by atoms with Gasteiger partial charge in [-0.15, -0.1) is 0 Å². The van der Waals surface area contributed by atoms with Crippen molar-refractivity contribution in [2.45, 2.75) is 45.2 Å². The lowest BCUT2D eigenvalue weighted by molar-refractivity contribution is 0.768. The summed E-state index contributed by atoms with van der Waals surface area (Å²) < 4.78 is 0. The van der Waals surface area contributed by atoms with E-state index < -0.39 is 0 Å². The fourth-order valence-corrected chi connectivity index (χ4v) is 2.06. The van der Waals surface area contributed by atoms with Crippen molar-refractivity contribution < 1.29 is 0 Å². The predicted octanol–water partition coefficient (Wildman–Crippen LogP) is 2.20. The molecule has 0 rings (SSSR count). The van der Waals surface area contributed by atoms with Crippen LogP contribution >= 0.6 is 0 Å². The Morgan fingerprint density at radius 3 is 2.38 bits per heavy atom. The maximum atomic E-state index is 2.32. The maximum absolute atomic E-state index is 2.32. The van der Waals surface area contributed by atoms with Gasteiger partial charge in [0.15, 0.2) is 0 Å². The van der Waals surface area contributed by atoms with Gasteiger partial charge in [-0.25, -0.2) is 0 Å². The summed E-state index contributed by atoms with van der Waals surface area (Å²) in [5.74, 6) is 0. The maximum Gasteiger partial charge on any atom is 0.0195 e. The van der Waals surface area contributed by atoms with Crippen LogP contribution in [0.4, 0.5) is 0 Å². The van der Waals surface area contributed by atoms with E-state index >= 15 is 0 Å². The van der Waals surface area contributed by atoms with Gasteiger partial charge in [0.2, 0.25) is 0 Å². The van der Waals surface area contributed by atoms with Gasteiger partial charge >= 0.3 is 0 Å². The summed E-state index contributed by atoms with van der Waals surface area (Å²) in [6, 6.07) is 3.09. The minimum atomic E-state index is 0.401. The average molecular weight is 130 g/mol. The highest BCUT2D eigenvalue weighted by molar-refractivity contribution is 6.35. The molecule has 0 amide bonds. The van der Waals surface area contributed by atoms with Crippen molar-refractivity contribution in [2.75, 3.05) is 0 Å². The molecule has 0 atom stereocenters. The van der Waals surface area contributed by atoms with Crippen molar-refractivity contribution in [3.63, 3.8) is 0 Å². The van der Waals surface area contributed by atoms with Gasteiger partial charge in [0.05, 0.1) is 0 Å². The molecular weight excluding hydrogens is 112 g/mol. The Morgan fingerprint density at radius 1 is 1.12 bits per heavy atom. The van der Waals surface area contributed by atoms with Crippen LogP contribution in [-0.4, -0.2) is 9.52 Å². The first-order valence-corrected chi connectivity index (χ1v) is 5.91. The molecule has 0 aromatic heterocycles. The molecule has 0 saturated carbocycles. The predicted molar refractivity (Wildman–Crippen MR) is 43.4 cm³/mol. The first kappa shape index (κ1) is 8.22. The normalized spacial score (nSPS) is 11.2. The van der Waals surface area contributed by atoms with Crippen molar-refractivity contribution >= 4 is 9.52 Å². The molecule has 50 valence electrons. The number of hydrogen-bond donors (Lipinski definition) is 0. The van der Waals surface area contributed by atoms with E-state index in [0.717, 1.165) is 0 Å². The minimum absolute atomic E-state index is 0.401. The molecule has 0 saturated heterocycles. The molecule has 0 heterocycles. The van der Waals surface area contributed by atoms with Crippen molar-refractivity contribution in [1.82, 2.24) is 0 Å². The molecule has 0 aromatic rings. The third-order valence-corrected chi connectivity index (χ3v) is 3.16. The molecule has 0 radical (unpaired) electrons. The van der Waals surface area contributed by atoms with E-state index in [-0.39, 0.29) is 0 Å². The van der Waals surface area contributed by atoms with Gasteiger partial charge in [0, 0.05) is 9.52 Å². The second-order valence-corrected chi connectivity index (χ2v) is 4.83. The summed E-state index contributed by atoms with van der Waals surface area (Å²) in [4.78, 5) is 0. The Kier molecular flexibility index (Phi) is 7.41. The fourth-order valence-electron chi connectivity index (χ4n) is 0.854. The van der Waals surface area contributed by atoms with Crippen LogP contribution in [0.15, 0.2) is 0 Å². The first-order valence-electron chi connectivity index (χ1n) is 3.91. The smallest absolute Gasteiger partial charge is 0.0195 e. The van der Waals surface area contributed by atoms with Gasteiger partial charge in [-0.05, 0) is 0 Å². The van der Waals surface area contributed by atoms with Crippen LogP contribution < -0.4 is 0 Å². The fraction of sp³-hybridized carbons (Fsp3) is 1.00. The van der Waals surface area contributed by atoms with Crippen LogP contribution in [0.25, 0.3) is 0 Å². The molecule has 0 aromatic carbocycles. The Labute approximate surface area is 55.5 Å². The highest BCUT2D eigenvalue weighted by Gasteiger charge is 1.84. The molecule has 0 unspecified atom stereocenters. The lowest BCUT2D eigenvalue weighted by Gasteiger charge is -1.93. The second-order valence-electron chi connectivity index (χ2n) is 2.41. The van der Waals surface area contributed by atoms with Gasteiger partial charge in [-0.2, -0.15) is 0 Å². The molecular formula is C7H18Si. The number of unbranched alkanes of at least 4 members (excludes halogenated alkanes) is 2. The van der Waals surface area contributed by atoms with E-state index in [2.05, 4.69) is 13.8 Å². The summed E-state index contributed by atoms with van der Waals surface area (Å²) in [7, 11) is 0.401. The van der Waals surface area contributed by atoms with E-state index in [1.165, 1.54) is 25.3 Å². The van der Waals surface area contributed by atoms with Crippen molar-refractivity contribution in [2.24, 2.45) is 0 Å². The van der Waals surface area contributed by atoms with Gasteiger partial charge in [0.25, 0.3) is 0 Å². The van der Waals surface area contributed by atoms with Crippen LogP contribution in [0, 0.1) is 0 Å². The average Bonchev–Trinajstić information content (AvgIpc) is 1.81. The lowest BCUT2D eigenvalue weighted by atomic mass is 10.3. The lowest BCUT2D eigenvalue weighted by Crippen LogP contribution is -1.84. The molecule has 0 N–H and O–H groups in total. The summed E-state index contributed by atoms with van der Waals surface area (Å²) in [6.07, 6.45) is 4.36. The van der Waals surface area contributed by atoms with Gasteiger partial charge in [-0.1, -0.05) is 45.2 Å². The van der Waals surface area contributed by atoms with E-state index in [1.807, 2.05) is 0 Å². The molecule has 0 bridgehead atoms. The Balaban J connectivity index is 2.53. The quantitative estimate of drug-likeness (QED) is 0.395. The van der Waals surface area contributed by atoms with Crippen LogP contribution in [0.5, 0.6) is 0 Å². The number of hydrogen-bond acceptors (Lipinski definition) is 0. The van der Waals surface area contributed by atoms with Crippen molar-refractivity contribution in [1.29, 1.82) is 0 Å². The summed E-state index contributed by atoms with van der Waals surface area (Å²) >= 11 is 0. The van der Waals surface area contributed by atoms with Crippen LogP contribution in [-0.2, 0) is 0 Å². The Morgan fingerprint density at radius 2 is 1.88 bits per heavy atom. The summed E-state index contributed by atoms with van der Waals surface area (Å²) in [5, 5.41) is 0. The summed E-state index contributed by atoms with van der Waals surface area (Å²) in [6.45, 7) is 4.59. The number of rotatable bonds is 5. The SMILES string of the molecule is CCCCC[SiH2]CC. The van der Waals surface area contributed by atoms with E-state index in [0.29, 0.717) is 9.52 Å².